The molecule has 0 saturated carbocycles. The molecule has 1 atom stereocenters. The number of rotatable bonds is 8. The molecule has 1 aromatic heterocycles. The maximum atomic E-state index is 13.1. The number of carbonyl (C=O) groups is 1. The largest absolute Gasteiger partial charge is 0.455 e. The van der Waals surface area contributed by atoms with Gasteiger partial charge in [-0.25, -0.2) is 8.42 Å². The van der Waals surface area contributed by atoms with Gasteiger partial charge in [0.05, 0.1) is 17.5 Å². The summed E-state index contributed by atoms with van der Waals surface area (Å²) < 4.78 is 33.8. The third kappa shape index (κ3) is 5.02. The number of fused-ring (bicyclic) bond motifs is 1. The summed E-state index contributed by atoms with van der Waals surface area (Å²) in [7, 11) is -2.00. The van der Waals surface area contributed by atoms with Crippen LogP contribution in [0.5, 0.6) is 0 Å². The van der Waals surface area contributed by atoms with E-state index in [0.717, 1.165) is 28.7 Å². The van der Waals surface area contributed by atoms with Crippen molar-refractivity contribution in [2.24, 2.45) is 5.92 Å². The minimum atomic E-state index is -3.59. The molecule has 0 aliphatic carbocycles. The number of hydrogen-bond donors (Lipinski definition) is 1. The second kappa shape index (κ2) is 10.2. The molecule has 188 valence electrons. The lowest BCUT2D eigenvalue weighted by molar-refractivity contribution is 0.0964. The number of nitrogens with one attached hydrogen (secondary N) is 1. The fourth-order valence-corrected chi connectivity index (χ4v) is 5.30. The maximum Gasteiger partial charge on any atom is 0.255 e. The molecule has 4 rings (SSSR count). The molecule has 36 heavy (non-hydrogen) atoms. The van der Waals surface area contributed by atoms with E-state index in [1.165, 1.54) is 10.6 Å². The number of furan rings is 1. The summed E-state index contributed by atoms with van der Waals surface area (Å²) in [5, 5.41) is 3.36. The zero-order chi connectivity index (χ0) is 26.0. The van der Waals surface area contributed by atoms with Crippen LogP contribution in [-0.2, 0) is 10.0 Å². The Hall–Kier alpha value is -3.58. The SMILES string of the molecule is CCC(C)CN(c1cc2oc(-c3ccc(C)cc3)c(C(=O)NC)c2cc1-c1ccccc1)S(C)(=O)=O. The van der Waals surface area contributed by atoms with Crippen LogP contribution in [0, 0.1) is 12.8 Å². The Morgan fingerprint density at radius 2 is 1.69 bits per heavy atom. The lowest BCUT2D eigenvalue weighted by atomic mass is 9.98. The van der Waals surface area contributed by atoms with Crippen molar-refractivity contribution in [3.63, 3.8) is 0 Å². The third-order valence-electron chi connectivity index (χ3n) is 6.50. The Bertz CT molecular complexity index is 1490. The second-order valence-electron chi connectivity index (χ2n) is 9.29. The first-order valence-corrected chi connectivity index (χ1v) is 13.9. The molecule has 7 heteroatoms. The van der Waals surface area contributed by atoms with Crippen molar-refractivity contribution in [1.29, 1.82) is 0 Å². The van der Waals surface area contributed by atoms with E-state index in [0.29, 0.717) is 34.5 Å². The minimum Gasteiger partial charge on any atom is -0.455 e. The smallest absolute Gasteiger partial charge is 0.255 e. The van der Waals surface area contributed by atoms with Gasteiger partial charge in [-0.3, -0.25) is 9.10 Å². The van der Waals surface area contributed by atoms with Crippen LogP contribution >= 0.6 is 0 Å². The van der Waals surface area contributed by atoms with Gasteiger partial charge in [0.2, 0.25) is 10.0 Å². The molecule has 0 saturated heterocycles. The Balaban J connectivity index is 2.07. The quantitative estimate of drug-likeness (QED) is 0.308. The zero-order valence-corrected chi connectivity index (χ0v) is 22.1. The number of sulfonamides is 1. The second-order valence-corrected chi connectivity index (χ2v) is 11.2. The van der Waals surface area contributed by atoms with Gasteiger partial charge in [0.15, 0.2) is 0 Å². The van der Waals surface area contributed by atoms with Gasteiger partial charge in [-0.1, -0.05) is 80.4 Å². The molecule has 1 amide bonds. The Morgan fingerprint density at radius 1 is 1.03 bits per heavy atom. The first kappa shape index (κ1) is 25.5. The number of carbonyl (C=O) groups excluding carboxylic acids is 1. The minimum absolute atomic E-state index is 0.153. The first-order valence-electron chi connectivity index (χ1n) is 12.1. The van der Waals surface area contributed by atoms with Crippen LogP contribution in [0.4, 0.5) is 5.69 Å². The summed E-state index contributed by atoms with van der Waals surface area (Å²) in [6.45, 7) is 6.42. The summed E-state index contributed by atoms with van der Waals surface area (Å²) in [5.41, 5.74) is 4.86. The van der Waals surface area contributed by atoms with Crippen LogP contribution in [0.1, 0.15) is 36.2 Å². The van der Waals surface area contributed by atoms with E-state index in [2.05, 4.69) is 5.32 Å². The van der Waals surface area contributed by atoms with Crippen molar-refractivity contribution in [1.82, 2.24) is 5.32 Å². The molecule has 0 aliphatic heterocycles. The van der Waals surface area contributed by atoms with Gasteiger partial charge < -0.3 is 9.73 Å². The average Bonchev–Trinajstić information content (AvgIpc) is 3.24. The lowest BCUT2D eigenvalue weighted by Gasteiger charge is -2.27. The third-order valence-corrected chi connectivity index (χ3v) is 7.65. The number of amides is 1. The van der Waals surface area contributed by atoms with Gasteiger partial charge in [-0.15, -0.1) is 0 Å². The highest BCUT2D eigenvalue weighted by atomic mass is 32.2. The van der Waals surface area contributed by atoms with Crippen LogP contribution in [-0.4, -0.2) is 34.2 Å². The number of anilines is 1. The first-order chi connectivity index (χ1) is 17.1. The monoisotopic (exact) mass is 504 g/mol. The highest BCUT2D eigenvalue weighted by Gasteiger charge is 2.28. The maximum absolute atomic E-state index is 13.1. The molecule has 0 bridgehead atoms. The molecule has 1 N–H and O–H groups in total. The standard InChI is InChI=1S/C29H32N2O4S/c1-6-19(2)18-31(36(5,33)34)25-17-26-24(16-23(25)21-10-8-7-9-11-21)27(29(32)30-4)28(35-26)22-14-12-20(3)13-15-22/h7-17,19H,6,18H2,1-5H3,(H,30,32). The fraction of sp³-hybridized carbons (Fsp3) is 0.276. The molecule has 1 unspecified atom stereocenters. The van der Waals surface area contributed by atoms with Gasteiger partial charge in [0.25, 0.3) is 5.91 Å². The van der Waals surface area contributed by atoms with Crippen molar-refractivity contribution in [2.45, 2.75) is 27.2 Å². The predicted molar refractivity (Wildman–Crippen MR) is 147 cm³/mol. The number of aryl methyl sites for hydroxylation is 1. The van der Waals surface area contributed by atoms with Gasteiger partial charge >= 0.3 is 0 Å². The highest BCUT2D eigenvalue weighted by Crippen LogP contribution is 2.41. The molecule has 6 nitrogen and oxygen atoms in total. The zero-order valence-electron chi connectivity index (χ0n) is 21.3. The summed E-state index contributed by atoms with van der Waals surface area (Å²) in [6, 6.07) is 21.0. The Labute approximate surface area is 213 Å². The van der Waals surface area contributed by atoms with E-state index in [-0.39, 0.29) is 11.8 Å². The number of benzene rings is 3. The summed E-state index contributed by atoms with van der Waals surface area (Å²) in [6.07, 6.45) is 2.07. The number of nitrogens with zero attached hydrogens (tertiary/aromatic N) is 1. The van der Waals surface area contributed by atoms with E-state index in [1.54, 1.807) is 13.1 Å². The van der Waals surface area contributed by atoms with Gasteiger partial charge in [0.1, 0.15) is 11.3 Å². The van der Waals surface area contributed by atoms with E-state index in [1.807, 2.05) is 81.4 Å². The Kier molecular flexibility index (Phi) is 7.22. The normalized spacial score (nSPS) is 12.5. The van der Waals surface area contributed by atoms with Crippen molar-refractivity contribution in [3.8, 4) is 22.5 Å². The predicted octanol–water partition coefficient (Wildman–Crippen LogP) is 6.25. The molecular weight excluding hydrogens is 472 g/mol. The molecule has 0 aliphatic rings. The average molecular weight is 505 g/mol. The van der Waals surface area contributed by atoms with Crippen LogP contribution in [0.25, 0.3) is 33.4 Å². The van der Waals surface area contributed by atoms with Crippen LogP contribution in [0.3, 0.4) is 0 Å². The van der Waals surface area contributed by atoms with Crippen molar-refractivity contribution >= 4 is 32.6 Å². The molecule has 0 spiro atoms. The lowest BCUT2D eigenvalue weighted by Crippen LogP contribution is -2.34. The molecular formula is C29H32N2O4S. The number of hydrogen-bond acceptors (Lipinski definition) is 4. The van der Waals surface area contributed by atoms with E-state index in [4.69, 9.17) is 4.42 Å². The van der Waals surface area contributed by atoms with Crippen LogP contribution in [0.15, 0.2) is 71.1 Å². The van der Waals surface area contributed by atoms with Crippen molar-refractivity contribution in [2.75, 3.05) is 24.2 Å². The highest BCUT2D eigenvalue weighted by molar-refractivity contribution is 7.92. The Morgan fingerprint density at radius 3 is 2.28 bits per heavy atom. The van der Waals surface area contributed by atoms with E-state index < -0.39 is 10.0 Å². The summed E-state index contributed by atoms with van der Waals surface area (Å²) in [4.78, 5) is 13.1. The fourth-order valence-electron chi connectivity index (χ4n) is 4.27. The molecule has 3 aromatic carbocycles. The van der Waals surface area contributed by atoms with E-state index in [9.17, 15) is 13.2 Å². The van der Waals surface area contributed by atoms with Gasteiger partial charge in [0, 0.05) is 36.2 Å². The molecule has 4 aromatic rings. The van der Waals surface area contributed by atoms with Crippen LogP contribution < -0.4 is 9.62 Å². The topological polar surface area (TPSA) is 79.6 Å². The van der Waals surface area contributed by atoms with Crippen LogP contribution in [0.2, 0.25) is 0 Å². The molecule has 0 fully saturated rings. The van der Waals surface area contributed by atoms with Crippen molar-refractivity contribution < 1.29 is 17.6 Å². The summed E-state index contributed by atoms with van der Waals surface area (Å²) in [5.74, 6) is 0.337. The van der Waals surface area contributed by atoms with Gasteiger partial charge in [-0.05, 0) is 24.5 Å². The van der Waals surface area contributed by atoms with Crippen molar-refractivity contribution in [3.05, 3.63) is 77.9 Å². The van der Waals surface area contributed by atoms with Gasteiger partial charge in [-0.2, -0.15) is 0 Å². The molecule has 0 radical (unpaired) electrons. The van der Waals surface area contributed by atoms with E-state index >= 15 is 0 Å². The summed E-state index contributed by atoms with van der Waals surface area (Å²) >= 11 is 0. The molecule has 1 heterocycles.